The number of methoxy groups -OCH3 is 1. The zero-order chi connectivity index (χ0) is 13.8. The van der Waals surface area contributed by atoms with Gasteiger partial charge < -0.3 is 4.74 Å². The Balaban J connectivity index is 2.70. The van der Waals surface area contributed by atoms with Crippen LogP contribution in [0.5, 0.6) is 5.75 Å². The van der Waals surface area contributed by atoms with Crippen molar-refractivity contribution >= 4 is 6.29 Å². The van der Waals surface area contributed by atoms with E-state index in [2.05, 4.69) is 0 Å². The van der Waals surface area contributed by atoms with Crippen LogP contribution in [-0.4, -0.2) is 13.4 Å². The van der Waals surface area contributed by atoms with E-state index in [4.69, 9.17) is 10.00 Å². The molecule has 2 aromatic carbocycles. The molecule has 0 aliphatic carbocycles. The zero-order valence-corrected chi connectivity index (χ0v) is 10.2. The molecule has 0 N–H and O–H groups in total. The van der Waals surface area contributed by atoms with Crippen LogP contribution in [0.3, 0.4) is 0 Å². The molecule has 0 aromatic heterocycles. The molecule has 0 aliphatic rings. The minimum absolute atomic E-state index is 0.216. The highest BCUT2D eigenvalue weighted by atomic mass is 19.1. The molecule has 0 radical (unpaired) electrons. The third kappa shape index (κ3) is 2.45. The fraction of sp³-hybridized carbons (Fsp3) is 0.0667. The SMILES string of the molecule is COc1ccc(C#N)cc1-c1ccc(F)cc1C=O. The number of nitrogens with zero attached hydrogens (tertiary/aromatic N) is 1. The van der Waals surface area contributed by atoms with Crippen LogP contribution >= 0.6 is 0 Å². The average Bonchev–Trinajstić information content (AvgIpc) is 2.46. The van der Waals surface area contributed by atoms with Crippen molar-refractivity contribution in [1.82, 2.24) is 0 Å². The fourth-order valence-corrected chi connectivity index (χ4v) is 1.86. The molecule has 0 saturated carbocycles. The van der Waals surface area contributed by atoms with Gasteiger partial charge in [-0.3, -0.25) is 4.79 Å². The van der Waals surface area contributed by atoms with Crippen molar-refractivity contribution < 1.29 is 13.9 Å². The van der Waals surface area contributed by atoms with Gasteiger partial charge in [0.2, 0.25) is 0 Å². The summed E-state index contributed by atoms with van der Waals surface area (Å²) in [4.78, 5) is 11.0. The molecule has 0 fully saturated rings. The lowest BCUT2D eigenvalue weighted by Gasteiger charge is -2.11. The Labute approximate surface area is 109 Å². The van der Waals surface area contributed by atoms with Crippen molar-refractivity contribution in [2.75, 3.05) is 7.11 Å². The fourth-order valence-electron chi connectivity index (χ4n) is 1.86. The van der Waals surface area contributed by atoms with E-state index in [1.54, 1.807) is 18.2 Å². The van der Waals surface area contributed by atoms with Gasteiger partial charge in [-0.1, -0.05) is 6.07 Å². The summed E-state index contributed by atoms with van der Waals surface area (Å²) >= 11 is 0. The van der Waals surface area contributed by atoms with Crippen molar-refractivity contribution in [1.29, 1.82) is 5.26 Å². The molecule has 0 bridgehead atoms. The zero-order valence-electron chi connectivity index (χ0n) is 10.2. The van der Waals surface area contributed by atoms with Crippen LogP contribution in [0.25, 0.3) is 11.1 Å². The van der Waals surface area contributed by atoms with Gasteiger partial charge in [0.05, 0.1) is 18.7 Å². The van der Waals surface area contributed by atoms with Gasteiger partial charge in [-0.2, -0.15) is 5.26 Å². The minimum Gasteiger partial charge on any atom is -0.496 e. The van der Waals surface area contributed by atoms with E-state index in [1.165, 1.54) is 19.2 Å². The first-order chi connectivity index (χ1) is 9.19. The number of halogens is 1. The Morgan fingerprint density at radius 2 is 2.00 bits per heavy atom. The van der Waals surface area contributed by atoms with Crippen molar-refractivity contribution in [2.24, 2.45) is 0 Å². The lowest BCUT2D eigenvalue weighted by Crippen LogP contribution is -1.94. The molecule has 19 heavy (non-hydrogen) atoms. The maximum atomic E-state index is 13.1. The Morgan fingerprint density at radius 1 is 1.21 bits per heavy atom. The number of ether oxygens (including phenoxy) is 1. The first kappa shape index (κ1) is 12.8. The first-order valence-corrected chi connectivity index (χ1v) is 5.53. The van der Waals surface area contributed by atoms with Gasteiger partial charge in [-0.15, -0.1) is 0 Å². The summed E-state index contributed by atoms with van der Waals surface area (Å²) in [7, 11) is 1.50. The highest BCUT2D eigenvalue weighted by Gasteiger charge is 2.12. The number of hydrogen-bond donors (Lipinski definition) is 0. The predicted octanol–water partition coefficient (Wildman–Crippen LogP) is 3.19. The van der Waals surface area contributed by atoms with Gasteiger partial charge >= 0.3 is 0 Å². The van der Waals surface area contributed by atoms with Gasteiger partial charge in [-0.05, 0) is 35.9 Å². The molecule has 4 heteroatoms. The molecule has 2 aromatic rings. The predicted molar refractivity (Wildman–Crippen MR) is 68.5 cm³/mol. The molecule has 94 valence electrons. The highest BCUT2D eigenvalue weighted by Crippen LogP contribution is 2.33. The van der Waals surface area contributed by atoms with Gasteiger partial charge in [0.25, 0.3) is 0 Å². The topological polar surface area (TPSA) is 50.1 Å². The monoisotopic (exact) mass is 255 g/mol. The van der Waals surface area contributed by atoms with E-state index in [0.717, 1.165) is 6.07 Å². The summed E-state index contributed by atoms with van der Waals surface area (Å²) in [5.41, 5.74) is 1.78. The molecule has 0 spiro atoms. The number of rotatable bonds is 3. The van der Waals surface area contributed by atoms with Crippen molar-refractivity contribution in [3.63, 3.8) is 0 Å². The molecular weight excluding hydrogens is 245 g/mol. The molecule has 0 heterocycles. The smallest absolute Gasteiger partial charge is 0.150 e. The number of benzene rings is 2. The second-order valence-electron chi connectivity index (χ2n) is 3.88. The number of aldehydes is 1. The Bertz CT molecular complexity index is 674. The van der Waals surface area contributed by atoms with Crippen molar-refractivity contribution in [3.8, 4) is 22.9 Å². The van der Waals surface area contributed by atoms with Crippen molar-refractivity contribution in [2.45, 2.75) is 0 Å². The number of hydrogen-bond acceptors (Lipinski definition) is 3. The average molecular weight is 255 g/mol. The van der Waals surface area contributed by atoms with Crippen LogP contribution in [0.2, 0.25) is 0 Å². The molecule has 0 saturated heterocycles. The third-order valence-electron chi connectivity index (χ3n) is 2.76. The van der Waals surface area contributed by atoms with E-state index >= 15 is 0 Å². The Morgan fingerprint density at radius 3 is 2.63 bits per heavy atom. The minimum atomic E-state index is -0.485. The lowest BCUT2D eigenvalue weighted by atomic mass is 9.98. The summed E-state index contributed by atoms with van der Waals surface area (Å²) in [6, 6.07) is 10.8. The maximum absolute atomic E-state index is 13.1. The summed E-state index contributed by atoms with van der Waals surface area (Å²) in [6.07, 6.45) is 0.580. The van der Waals surface area contributed by atoms with Gasteiger partial charge in [0.15, 0.2) is 6.29 Å². The first-order valence-electron chi connectivity index (χ1n) is 5.53. The van der Waals surface area contributed by atoms with Gasteiger partial charge in [0.1, 0.15) is 11.6 Å². The molecule has 2 rings (SSSR count). The van der Waals surface area contributed by atoms with Gasteiger partial charge in [-0.25, -0.2) is 4.39 Å². The van der Waals surface area contributed by atoms with Crippen molar-refractivity contribution in [3.05, 3.63) is 53.3 Å². The quantitative estimate of drug-likeness (QED) is 0.791. The van der Waals surface area contributed by atoms with Crippen LogP contribution in [0.15, 0.2) is 36.4 Å². The molecule has 0 aliphatic heterocycles. The maximum Gasteiger partial charge on any atom is 0.150 e. The van der Waals surface area contributed by atoms with E-state index in [1.807, 2.05) is 6.07 Å². The summed E-state index contributed by atoms with van der Waals surface area (Å²) in [5, 5.41) is 8.92. The molecule has 3 nitrogen and oxygen atoms in total. The lowest BCUT2D eigenvalue weighted by molar-refractivity contribution is 0.112. The molecule has 0 unspecified atom stereocenters. The van der Waals surface area contributed by atoms with Crippen LogP contribution in [-0.2, 0) is 0 Å². The molecular formula is C15H10FNO2. The largest absolute Gasteiger partial charge is 0.496 e. The summed E-state index contributed by atoms with van der Waals surface area (Å²) in [6.45, 7) is 0. The van der Waals surface area contributed by atoms with E-state index in [-0.39, 0.29) is 5.56 Å². The normalized spacial score (nSPS) is 9.74. The van der Waals surface area contributed by atoms with Crippen LogP contribution in [0.4, 0.5) is 4.39 Å². The van der Waals surface area contributed by atoms with E-state index in [9.17, 15) is 9.18 Å². The van der Waals surface area contributed by atoms with E-state index < -0.39 is 5.82 Å². The number of carbonyl (C=O) groups excluding carboxylic acids is 1. The van der Waals surface area contributed by atoms with Crippen LogP contribution in [0.1, 0.15) is 15.9 Å². The number of carbonyl (C=O) groups is 1. The number of nitriles is 1. The molecule has 0 amide bonds. The second kappa shape index (κ2) is 5.32. The Kier molecular flexibility index (Phi) is 3.58. The van der Waals surface area contributed by atoms with Crippen LogP contribution in [0, 0.1) is 17.1 Å². The summed E-state index contributed by atoms with van der Waals surface area (Å²) < 4.78 is 18.3. The molecule has 0 atom stereocenters. The second-order valence-corrected chi connectivity index (χ2v) is 3.88. The standard InChI is InChI=1S/C15H10FNO2/c1-19-15-5-2-10(8-17)6-14(15)13-4-3-12(16)7-11(13)9-18/h2-7,9H,1H3. The highest BCUT2D eigenvalue weighted by molar-refractivity contribution is 5.89. The van der Waals surface area contributed by atoms with Gasteiger partial charge in [0, 0.05) is 11.1 Å². The van der Waals surface area contributed by atoms with Crippen LogP contribution < -0.4 is 4.74 Å². The third-order valence-corrected chi connectivity index (χ3v) is 2.76. The summed E-state index contributed by atoms with van der Waals surface area (Å²) in [5.74, 6) is 0.0370. The van der Waals surface area contributed by atoms with E-state index in [0.29, 0.717) is 28.7 Å². The Hall–Kier alpha value is -2.67.